The molecule has 0 spiro atoms. The lowest BCUT2D eigenvalue weighted by Gasteiger charge is -2.07. The number of aromatic nitrogens is 3. The molecule has 0 saturated carbocycles. The van der Waals surface area contributed by atoms with Gasteiger partial charge < -0.3 is 10.1 Å². The van der Waals surface area contributed by atoms with Gasteiger partial charge in [-0.15, -0.1) is 0 Å². The lowest BCUT2D eigenvalue weighted by atomic mass is 10.3. The second kappa shape index (κ2) is 7.22. The van der Waals surface area contributed by atoms with Crippen LogP contribution in [0, 0.1) is 19.7 Å². The SMILES string of the molecule is Cc1cncc(Nc2sc(C)nc2OC(=O)Nc2ccc(F)cn2)c1. The molecule has 9 heteroatoms. The molecular weight excluding hydrogens is 345 g/mol. The Kier molecular flexibility index (Phi) is 4.85. The zero-order valence-corrected chi connectivity index (χ0v) is 14.2. The zero-order chi connectivity index (χ0) is 17.8. The summed E-state index contributed by atoms with van der Waals surface area (Å²) in [5, 5.41) is 6.85. The monoisotopic (exact) mass is 359 g/mol. The van der Waals surface area contributed by atoms with Crippen LogP contribution >= 0.6 is 11.3 Å². The first-order valence-electron chi connectivity index (χ1n) is 7.26. The Hall–Kier alpha value is -3.07. The van der Waals surface area contributed by atoms with Gasteiger partial charge >= 0.3 is 6.09 Å². The lowest BCUT2D eigenvalue weighted by molar-refractivity contribution is 0.213. The highest BCUT2D eigenvalue weighted by Gasteiger charge is 2.15. The Balaban J connectivity index is 1.72. The number of nitrogens with zero attached hydrogens (tertiary/aromatic N) is 3. The summed E-state index contributed by atoms with van der Waals surface area (Å²) in [4.78, 5) is 24.0. The van der Waals surface area contributed by atoms with Crippen LogP contribution < -0.4 is 15.4 Å². The molecule has 0 aliphatic heterocycles. The van der Waals surface area contributed by atoms with Crippen molar-refractivity contribution in [1.82, 2.24) is 15.0 Å². The van der Waals surface area contributed by atoms with Crippen LogP contribution in [0.2, 0.25) is 0 Å². The third kappa shape index (κ3) is 4.48. The van der Waals surface area contributed by atoms with Gasteiger partial charge in [0.2, 0.25) is 0 Å². The number of pyridine rings is 2. The van der Waals surface area contributed by atoms with Gasteiger partial charge in [-0.3, -0.25) is 10.3 Å². The normalized spacial score (nSPS) is 10.4. The second-order valence-corrected chi connectivity index (χ2v) is 6.32. The van der Waals surface area contributed by atoms with Crippen molar-refractivity contribution >= 4 is 33.9 Å². The first-order chi connectivity index (χ1) is 12.0. The molecule has 0 aliphatic rings. The number of thiazole rings is 1. The van der Waals surface area contributed by atoms with E-state index in [1.807, 2.05) is 13.0 Å². The topological polar surface area (TPSA) is 89.0 Å². The van der Waals surface area contributed by atoms with Crippen molar-refractivity contribution in [2.24, 2.45) is 0 Å². The van der Waals surface area contributed by atoms with Crippen LogP contribution in [0.3, 0.4) is 0 Å². The number of nitrogens with one attached hydrogen (secondary N) is 2. The van der Waals surface area contributed by atoms with E-state index in [0.29, 0.717) is 5.00 Å². The number of hydrogen-bond acceptors (Lipinski definition) is 7. The van der Waals surface area contributed by atoms with Gasteiger partial charge in [0.1, 0.15) is 11.6 Å². The predicted octanol–water partition coefficient (Wildman–Crippen LogP) is 4.04. The molecule has 0 aromatic carbocycles. The smallest absolute Gasteiger partial charge is 0.388 e. The van der Waals surface area contributed by atoms with E-state index in [9.17, 15) is 9.18 Å². The van der Waals surface area contributed by atoms with Crippen LogP contribution in [0.25, 0.3) is 0 Å². The summed E-state index contributed by atoms with van der Waals surface area (Å²) in [7, 11) is 0. The maximum atomic E-state index is 12.8. The number of aryl methyl sites for hydroxylation is 2. The summed E-state index contributed by atoms with van der Waals surface area (Å²) in [5.41, 5.74) is 1.75. The predicted molar refractivity (Wildman–Crippen MR) is 92.9 cm³/mol. The van der Waals surface area contributed by atoms with E-state index < -0.39 is 11.9 Å². The van der Waals surface area contributed by atoms with E-state index in [2.05, 4.69) is 25.6 Å². The first-order valence-corrected chi connectivity index (χ1v) is 8.08. The number of anilines is 3. The number of amides is 1. The van der Waals surface area contributed by atoms with Crippen molar-refractivity contribution in [3.05, 3.63) is 53.2 Å². The molecule has 0 atom stereocenters. The van der Waals surface area contributed by atoms with Gasteiger partial charge in [-0.05, 0) is 37.6 Å². The minimum atomic E-state index is -0.769. The van der Waals surface area contributed by atoms with Gasteiger partial charge in [-0.2, -0.15) is 0 Å². The van der Waals surface area contributed by atoms with Gasteiger partial charge in [0.25, 0.3) is 5.88 Å². The van der Waals surface area contributed by atoms with Crippen molar-refractivity contribution in [2.75, 3.05) is 10.6 Å². The fourth-order valence-electron chi connectivity index (χ4n) is 1.98. The molecule has 0 radical (unpaired) electrons. The third-order valence-corrected chi connectivity index (χ3v) is 3.85. The van der Waals surface area contributed by atoms with E-state index in [4.69, 9.17) is 4.74 Å². The van der Waals surface area contributed by atoms with Gasteiger partial charge in [0.05, 0.1) is 23.1 Å². The highest BCUT2D eigenvalue weighted by atomic mass is 32.1. The molecule has 25 heavy (non-hydrogen) atoms. The second-order valence-electron chi connectivity index (χ2n) is 5.12. The summed E-state index contributed by atoms with van der Waals surface area (Å²) in [6.45, 7) is 3.73. The number of carbonyl (C=O) groups excluding carboxylic acids is 1. The summed E-state index contributed by atoms with van der Waals surface area (Å²) >= 11 is 1.35. The highest BCUT2D eigenvalue weighted by Crippen LogP contribution is 2.33. The maximum Gasteiger partial charge on any atom is 0.419 e. The number of carbonyl (C=O) groups is 1. The highest BCUT2D eigenvalue weighted by molar-refractivity contribution is 7.16. The number of ether oxygens (including phenoxy) is 1. The molecule has 0 saturated heterocycles. The van der Waals surface area contributed by atoms with Crippen LogP contribution in [0.5, 0.6) is 5.88 Å². The molecule has 0 unspecified atom stereocenters. The Bertz CT molecular complexity index is 898. The summed E-state index contributed by atoms with van der Waals surface area (Å²) in [5.74, 6) is -0.174. The first kappa shape index (κ1) is 16.8. The van der Waals surface area contributed by atoms with Crippen molar-refractivity contribution in [2.45, 2.75) is 13.8 Å². The van der Waals surface area contributed by atoms with E-state index in [1.165, 1.54) is 23.5 Å². The molecule has 3 aromatic rings. The van der Waals surface area contributed by atoms with E-state index in [0.717, 1.165) is 22.5 Å². The molecule has 0 bridgehead atoms. The molecular formula is C16H14FN5O2S. The Morgan fingerprint density at radius 1 is 1.24 bits per heavy atom. The summed E-state index contributed by atoms with van der Waals surface area (Å²) < 4.78 is 18.1. The Labute approximate surface area is 146 Å². The summed E-state index contributed by atoms with van der Waals surface area (Å²) in [6.07, 6.45) is 3.63. The molecule has 3 aromatic heterocycles. The van der Waals surface area contributed by atoms with Crippen molar-refractivity contribution in [1.29, 1.82) is 0 Å². The third-order valence-electron chi connectivity index (χ3n) is 2.98. The molecule has 1 amide bonds. The van der Waals surface area contributed by atoms with E-state index in [-0.39, 0.29) is 11.7 Å². The standard InChI is InChI=1S/C16H14FN5O2S/c1-9-5-12(8-18-6-9)21-15-14(20-10(2)25-15)24-16(23)22-13-4-3-11(17)7-19-13/h3-8,21H,1-2H3,(H,19,22,23). The quantitative estimate of drug-likeness (QED) is 0.731. The van der Waals surface area contributed by atoms with Crippen molar-refractivity contribution < 1.29 is 13.9 Å². The average molecular weight is 359 g/mol. The average Bonchev–Trinajstić information content (AvgIpc) is 2.89. The minimum absolute atomic E-state index is 0.142. The molecule has 0 aliphatic carbocycles. The Morgan fingerprint density at radius 2 is 2.08 bits per heavy atom. The van der Waals surface area contributed by atoms with E-state index in [1.54, 1.807) is 19.3 Å². The van der Waals surface area contributed by atoms with Crippen LogP contribution in [0.15, 0.2) is 36.8 Å². The van der Waals surface area contributed by atoms with E-state index >= 15 is 0 Å². The molecule has 2 N–H and O–H groups in total. The largest absolute Gasteiger partial charge is 0.419 e. The fourth-order valence-corrected chi connectivity index (χ4v) is 2.75. The summed E-state index contributed by atoms with van der Waals surface area (Å²) in [6, 6.07) is 4.43. The van der Waals surface area contributed by atoms with Crippen molar-refractivity contribution in [3.8, 4) is 5.88 Å². The van der Waals surface area contributed by atoms with Crippen molar-refractivity contribution in [3.63, 3.8) is 0 Å². The van der Waals surface area contributed by atoms with Gasteiger partial charge in [-0.1, -0.05) is 11.3 Å². The molecule has 128 valence electrons. The lowest BCUT2D eigenvalue weighted by Crippen LogP contribution is -2.18. The van der Waals surface area contributed by atoms with Gasteiger partial charge in [0, 0.05) is 6.20 Å². The fraction of sp³-hybridized carbons (Fsp3) is 0.125. The maximum absolute atomic E-state index is 12.8. The minimum Gasteiger partial charge on any atom is -0.388 e. The van der Waals surface area contributed by atoms with Crippen LogP contribution in [-0.2, 0) is 0 Å². The molecule has 3 heterocycles. The number of hydrogen-bond donors (Lipinski definition) is 2. The molecule has 3 rings (SSSR count). The zero-order valence-electron chi connectivity index (χ0n) is 13.4. The van der Waals surface area contributed by atoms with Crippen LogP contribution in [0.1, 0.15) is 10.6 Å². The Morgan fingerprint density at radius 3 is 2.80 bits per heavy atom. The van der Waals surface area contributed by atoms with Gasteiger partial charge in [-0.25, -0.2) is 19.2 Å². The molecule has 7 nitrogen and oxygen atoms in total. The number of rotatable bonds is 4. The van der Waals surface area contributed by atoms with Gasteiger partial charge in [0.15, 0.2) is 5.00 Å². The van der Waals surface area contributed by atoms with Crippen LogP contribution in [0.4, 0.5) is 25.7 Å². The molecule has 0 fully saturated rings. The number of halogens is 1. The van der Waals surface area contributed by atoms with Crippen LogP contribution in [-0.4, -0.2) is 21.0 Å².